The molecule has 6 nitrogen and oxygen atoms in total. The number of urea groups is 1. The third-order valence-electron chi connectivity index (χ3n) is 3.92. The summed E-state index contributed by atoms with van der Waals surface area (Å²) >= 11 is 0. The Balaban J connectivity index is 1.62. The number of ether oxygens (including phenoxy) is 1. The lowest BCUT2D eigenvalue weighted by Crippen LogP contribution is -2.36. The van der Waals surface area contributed by atoms with Crippen LogP contribution in [0.4, 0.5) is 4.79 Å². The fourth-order valence-corrected chi connectivity index (χ4v) is 2.63. The number of nitrogens with zero attached hydrogens (tertiary/aromatic N) is 2. The van der Waals surface area contributed by atoms with Gasteiger partial charge in [0.25, 0.3) is 0 Å². The summed E-state index contributed by atoms with van der Waals surface area (Å²) in [6.45, 7) is 0.329. The Morgan fingerprint density at radius 2 is 2.26 bits per heavy atom. The summed E-state index contributed by atoms with van der Waals surface area (Å²) in [5.74, 6) is 1.89. The Labute approximate surface area is 134 Å². The number of hydroxylamine groups is 2. The van der Waals surface area contributed by atoms with Crippen LogP contribution < -0.4 is 10.1 Å². The van der Waals surface area contributed by atoms with Crippen molar-refractivity contribution in [3.8, 4) is 11.6 Å². The van der Waals surface area contributed by atoms with Crippen molar-refractivity contribution in [2.45, 2.75) is 12.3 Å². The normalized spacial score (nSPS) is 19.0. The fourth-order valence-electron chi connectivity index (χ4n) is 2.63. The number of hydrogen-bond donors (Lipinski definition) is 2. The van der Waals surface area contributed by atoms with Crippen LogP contribution in [0.15, 0.2) is 48.7 Å². The molecule has 3 rings (SSSR count). The maximum atomic E-state index is 11.3. The number of hydrogen-bond acceptors (Lipinski definition) is 4. The molecular weight excluding hydrogens is 294 g/mol. The maximum Gasteiger partial charge on any atom is 0.340 e. The van der Waals surface area contributed by atoms with Gasteiger partial charge in [-0.1, -0.05) is 18.2 Å². The van der Waals surface area contributed by atoms with Gasteiger partial charge < -0.3 is 10.1 Å². The maximum absolute atomic E-state index is 11.3. The van der Waals surface area contributed by atoms with Crippen LogP contribution >= 0.6 is 0 Å². The van der Waals surface area contributed by atoms with Gasteiger partial charge in [0, 0.05) is 19.3 Å². The Morgan fingerprint density at radius 1 is 1.39 bits per heavy atom. The highest BCUT2D eigenvalue weighted by atomic mass is 16.5. The van der Waals surface area contributed by atoms with Gasteiger partial charge in [0.2, 0.25) is 5.88 Å². The van der Waals surface area contributed by atoms with Crippen LogP contribution in [-0.2, 0) is 0 Å². The molecule has 0 radical (unpaired) electrons. The van der Waals surface area contributed by atoms with E-state index in [2.05, 4.69) is 10.3 Å². The van der Waals surface area contributed by atoms with Gasteiger partial charge in [-0.25, -0.2) is 14.8 Å². The standard InChI is InChI=1S/C17H19N3O3/c1-18-17(21)20(22)11-13-10-15(13)12-5-4-6-14(9-12)23-16-7-2-3-8-19-16/h2-9,13,15,22H,10-11H2,1H3,(H,18,21)/t13-,15-/m0/s1. The molecule has 1 saturated carbocycles. The van der Waals surface area contributed by atoms with E-state index in [1.165, 1.54) is 7.05 Å². The smallest absolute Gasteiger partial charge is 0.340 e. The van der Waals surface area contributed by atoms with Crippen LogP contribution in [0, 0.1) is 5.92 Å². The molecular formula is C17H19N3O3. The molecule has 120 valence electrons. The number of carbonyl (C=O) groups is 1. The largest absolute Gasteiger partial charge is 0.439 e. The Morgan fingerprint density at radius 3 is 3.00 bits per heavy atom. The predicted molar refractivity (Wildman–Crippen MR) is 84.5 cm³/mol. The SMILES string of the molecule is CNC(=O)N(O)C[C@@H]1C[C@H]1c1cccc(Oc2ccccn2)c1. The highest BCUT2D eigenvalue weighted by Crippen LogP contribution is 2.48. The molecule has 1 heterocycles. The predicted octanol–water partition coefficient (Wildman–Crippen LogP) is 3.01. The third kappa shape index (κ3) is 3.78. The molecule has 0 spiro atoms. The second-order valence-electron chi connectivity index (χ2n) is 5.58. The molecule has 1 aliphatic rings. The highest BCUT2D eigenvalue weighted by Gasteiger charge is 2.40. The second kappa shape index (κ2) is 6.66. The van der Waals surface area contributed by atoms with Gasteiger partial charge in [-0.15, -0.1) is 0 Å². The third-order valence-corrected chi connectivity index (χ3v) is 3.92. The fraction of sp³-hybridized carbons (Fsp3) is 0.294. The lowest BCUT2D eigenvalue weighted by Gasteiger charge is -2.14. The molecule has 6 heteroatoms. The van der Waals surface area contributed by atoms with E-state index < -0.39 is 6.03 Å². The lowest BCUT2D eigenvalue weighted by molar-refractivity contribution is -0.0462. The van der Waals surface area contributed by atoms with Crippen molar-refractivity contribution in [2.24, 2.45) is 5.92 Å². The molecule has 2 atom stereocenters. The first-order valence-electron chi connectivity index (χ1n) is 7.54. The summed E-state index contributed by atoms with van der Waals surface area (Å²) in [4.78, 5) is 15.5. The quantitative estimate of drug-likeness (QED) is 0.657. The first kappa shape index (κ1) is 15.3. The second-order valence-corrected chi connectivity index (χ2v) is 5.58. The number of benzene rings is 1. The average molecular weight is 313 g/mol. The average Bonchev–Trinajstić information content (AvgIpc) is 3.34. The molecule has 0 aliphatic heterocycles. The van der Waals surface area contributed by atoms with Gasteiger partial charge in [-0.3, -0.25) is 5.21 Å². The minimum atomic E-state index is -0.483. The Bertz CT molecular complexity index is 678. The first-order valence-corrected chi connectivity index (χ1v) is 7.54. The van der Waals surface area contributed by atoms with Crippen molar-refractivity contribution >= 4 is 6.03 Å². The first-order chi connectivity index (χ1) is 11.2. The van der Waals surface area contributed by atoms with Crippen LogP contribution in [0.25, 0.3) is 0 Å². The number of rotatable bonds is 5. The summed E-state index contributed by atoms with van der Waals surface area (Å²) in [5.41, 5.74) is 1.15. The van der Waals surface area contributed by atoms with Gasteiger partial charge in [-0.05, 0) is 42.0 Å². The molecule has 0 bridgehead atoms. The molecule has 2 N–H and O–H groups in total. The van der Waals surface area contributed by atoms with E-state index in [0.29, 0.717) is 18.3 Å². The lowest BCUT2D eigenvalue weighted by atomic mass is 10.1. The molecule has 0 unspecified atom stereocenters. The molecule has 2 amide bonds. The van der Waals surface area contributed by atoms with Crippen LogP contribution in [0.5, 0.6) is 11.6 Å². The number of pyridine rings is 1. The van der Waals surface area contributed by atoms with Gasteiger partial charge in [0.15, 0.2) is 0 Å². The number of aromatic nitrogens is 1. The van der Waals surface area contributed by atoms with Crippen LogP contribution in [0.3, 0.4) is 0 Å². The highest BCUT2D eigenvalue weighted by molar-refractivity contribution is 5.72. The summed E-state index contributed by atoms with van der Waals surface area (Å²) in [6, 6.07) is 12.9. The molecule has 1 aromatic carbocycles. The molecule has 23 heavy (non-hydrogen) atoms. The summed E-state index contributed by atoms with van der Waals surface area (Å²) < 4.78 is 5.73. The monoisotopic (exact) mass is 313 g/mol. The van der Waals surface area contributed by atoms with Gasteiger partial charge in [-0.2, -0.15) is 0 Å². The van der Waals surface area contributed by atoms with Crippen molar-refractivity contribution in [2.75, 3.05) is 13.6 Å². The molecule has 2 aromatic rings. The van der Waals surface area contributed by atoms with E-state index >= 15 is 0 Å². The molecule has 0 saturated heterocycles. The molecule has 1 aromatic heterocycles. The molecule has 1 fully saturated rings. The van der Waals surface area contributed by atoms with Crippen LogP contribution in [0.1, 0.15) is 17.9 Å². The van der Waals surface area contributed by atoms with Crippen molar-refractivity contribution in [3.05, 3.63) is 54.2 Å². The van der Waals surface area contributed by atoms with E-state index in [-0.39, 0.29) is 5.92 Å². The zero-order chi connectivity index (χ0) is 16.2. The number of amides is 2. The number of nitrogens with one attached hydrogen (secondary N) is 1. The van der Waals surface area contributed by atoms with E-state index in [1.54, 1.807) is 12.3 Å². The minimum Gasteiger partial charge on any atom is -0.439 e. The summed E-state index contributed by atoms with van der Waals surface area (Å²) in [6.07, 6.45) is 2.63. The van der Waals surface area contributed by atoms with Crippen molar-refractivity contribution in [1.29, 1.82) is 0 Å². The van der Waals surface area contributed by atoms with E-state index in [1.807, 2.05) is 36.4 Å². The van der Waals surface area contributed by atoms with E-state index in [0.717, 1.165) is 22.8 Å². The van der Waals surface area contributed by atoms with Crippen molar-refractivity contribution < 1.29 is 14.7 Å². The van der Waals surface area contributed by atoms with Gasteiger partial charge in [0.1, 0.15) is 5.75 Å². The Hall–Kier alpha value is -2.60. The van der Waals surface area contributed by atoms with E-state index in [4.69, 9.17) is 4.74 Å². The molecule has 1 aliphatic carbocycles. The Kier molecular flexibility index (Phi) is 4.43. The van der Waals surface area contributed by atoms with Crippen molar-refractivity contribution in [1.82, 2.24) is 15.4 Å². The number of carbonyl (C=O) groups excluding carboxylic acids is 1. The summed E-state index contributed by atoms with van der Waals surface area (Å²) in [5, 5.41) is 12.8. The summed E-state index contributed by atoms with van der Waals surface area (Å²) in [7, 11) is 1.49. The van der Waals surface area contributed by atoms with Crippen LogP contribution in [-0.4, -0.2) is 34.9 Å². The topological polar surface area (TPSA) is 74.7 Å². The zero-order valence-electron chi connectivity index (χ0n) is 12.8. The van der Waals surface area contributed by atoms with E-state index in [9.17, 15) is 10.0 Å². The van der Waals surface area contributed by atoms with Crippen LogP contribution in [0.2, 0.25) is 0 Å². The van der Waals surface area contributed by atoms with Gasteiger partial charge >= 0.3 is 6.03 Å². The zero-order valence-corrected chi connectivity index (χ0v) is 12.8. The van der Waals surface area contributed by atoms with Crippen molar-refractivity contribution in [3.63, 3.8) is 0 Å². The van der Waals surface area contributed by atoms with Gasteiger partial charge in [0.05, 0.1) is 6.54 Å². The minimum absolute atomic E-state index is 0.266.